The number of benzene rings is 1. The molecule has 18 heavy (non-hydrogen) atoms. The third kappa shape index (κ3) is 2.64. The fourth-order valence-electron chi connectivity index (χ4n) is 1.98. The molecule has 1 N–H and O–H groups in total. The molecule has 1 aromatic rings. The molecule has 0 aliphatic heterocycles. The number of hydrogen-bond acceptors (Lipinski definition) is 3. The molecule has 0 bridgehead atoms. The first-order valence-corrected chi connectivity index (χ1v) is 5.82. The molecule has 0 unspecified atom stereocenters. The van der Waals surface area contributed by atoms with E-state index >= 15 is 0 Å². The van der Waals surface area contributed by atoms with Crippen LogP contribution in [0.3, 0.4) is 0 Å². The average Bonchev–Trinajstić information content (AvgIpc) is 3.19. The maximum absolute atomic E-state index is 10.9. The van der Waals surface area contributed by atoms with Gasteiger partial charge in [-0.1, -0.05) is 0 Å². The SMILES string of the molecule is COc1ccc(OC)c(/C(=C/C(=O)O)C2CC2)c1. The third-order valence-electron chi connectivity index (χ3n) is 3.01. The summed E-state index contributed by atoms with van der Waals surface area (Å²) in [7, 11) is 3.17. The van der Waals surface area contributed by atoms with Crippen LogP contribution in [-0.2, 0) is 4.79 Å². The van der Waals surface area contributed by atoms with E-state index in [9.17, 15) is 4.79 Å². The molecule has 0 aromatic heterocycles. The highest BCUT2D eigenvalue weighted by Crippen LogP contribution is 2.45. The van der Waals surface area contributed by atoms with Gasteiger partial charge in [-0.05, 0) is 42.5 Å². The van der Waals surface area contributed by atoms with Gasteiger partial charge in [0, 0.05) is 11.6 Å². The van der Waals surface area contributed by atoms with Crippen LogP contribution in [-0.4, -0.2) is 25.3 Å². The summed E-state index contributed by atoms with van der Waals surface area (Å²) in [6.07, 6.45) is 3.33. The molecular formula is C14H16O4. The van der Waals surface area contributed by atoms with Crippen molar-refractivity contribution >= 4 is 11.5 Å². The van der Waals surface area contributed by atoms with Gasteiger partial charge in [-0.3, -0.25) is 0 Å². The van der Waals surface area contributed by atoms with E-state index in [1.165, 1.54) is 6.08 Å². The Morgan fingerprint density at radius 3 is 2.56 bits per heavy atom. The van der Waals surface area contributed by atoms with Crippen molar-refractivity contribution in [2.24, 2.45) is 5.92 Å². The van der Waals surface area contributed by atoms with Crippen molar-refractivity contribution in [3.63, 3.8) is 0 Å². The lowest BCUT2D eigenvalue weighted by atomic mass is 9.99. The maximum atomic E-state index is 10.9. The number of carbonyl (C=O) groups is 1. The number of allylic oxidation sites excluding steroid dienone is 1. The zero-order valence-electron chi connectivity index (χ0n) is 10.5. The van der Waals surface area contributed by atoms with Gasteiger partial charge in [0.15, 0.2) is 0 Å². The Hall–Kier alpha value is -1.97. The molecule has 4 nitrogen and oxygen atoms in total. The molecule has 1 aromatic carbocycles. The second-order valence-electron chi connectivity index (χ2n) is 4.28. The van der Waals surface area contributed by atoms with Gasteiger partial charge in [0.2, 0.25) is 0 Å². The topological polar surface area (TPSA) is 55.8 Å². The number of hydrogen-bond donors (Lipinski definition) is 1. The molecule has 0 atom stereocenters. The minimum Gasteiger partial charge on any atom is -0.497 e. The van der Waals surface area contributed by atoms with E-state index < -0.39 is 5.97 Å². The second kappa shape index (κ2) is 5.12. The maximum Gasteiger partial charge on any atom is 0.328 e. The number of carboxylic acid groups (broad SMARTS) is 1. The summed E-state index contributed by atoms with van der Waals surface area (Å²) in [4.78, 5) is 10.9. The number of ether oxygens (including phenoxy) is 2. The third-order valence-corrected chi connectivity index (χ3v) is 3.01. The minimum atomic E-state index is -0.929. The van der Waals surface area contributed by atoms with Crippen LogP contribution in [0, 0.1) is 5.92 Å². The summed E-state index contributed by atoms with van der Waals surface area (Å²) in [5.74, 6) is 0.766. The molecule has 0 amide bonds. The summed E-state index contributed by atoms with van der Waals surface area (Å²) < 4.78 is 10.5. The van der Waals surface area contributed by atoms with Crippen molar-refractivity contribution in [2.75, 3.05) is 14.2 Å². The van der Waals surface area contributed by atoms with Crippen LogP contribution in [0.25, 0.3) is 5.57 Å². The van der Waals surface area contributed by atoms with E-state index in [1.807, 2.05) is 6.07 Å². The second-order valence-corrected chi connectivity index (χ2v) is 4.28. The summed E-state index contributed by atoms with van der Waals surface area (Å²) in [5.41, 5.74) is 1.62. The van der Waals surface area contributed by atoms with Crippen molar-refractivity contribution in [3.05, 3.63) is 29.8 Å². The summed E-state index contributed by atoms with van der Waals surface area (Å²) in [6, 6.07) is 5.42. The normalized spacial score (nSPS) is 15.3. The number of carboxylic acids is 1. The fraction of sp³-hybridized carbons (Fsp3) is 0.357. The van der Waals surface area contributed by atoms with Gasteiger partial charge in [-0.15, -0.1) is 0 Å². The fourth-order valence-corrected chi connectivity index (χ4v) is 1.98. The lowest BCUT2D eigenvalue weighted by Crippen LogP contribution is -1.98. The minimum absolute atomic E-state index is 0.321. The Morgan fingerprint density at radius 1 is 1.33 bits per heavy atom. The smallest absolute Gasteiger partial charge is 0.328 e. The largest absolute Gasteiger partial charge is 0.497 e. The van der Waals surface area contributed by atoms with Gasteiger partial charge >= 0.3 is 5.97 Å². The van der Waals surface area contributed by atoms with Crippen molar-refractivity contribution in [1.82, 2.24) is 0 Å². The van der Waals surface area contributed by atoms with Gasteiger partial charge in [-0.25, -0.2) is 4.79 Å². The molecule has 96 valence electrons. The van der Waals surface area contributed by atoms with Crippen molar-refractivity contribution in [1.29, 1.82) is 0 Å². The molecular weight excluding hydrogens is 232 g/mol. The Morgan fingerprint density at radius 2 is 2.06 bits per heavy atom. The predicted octanol–water partition coefficient (Wildman–Crippen LogP) is 2.58. The van der Waals surface area contributed by atoms with E-state index in [-0.39, 0.29) is 0 Å². The van der Waals surface area contributed by atoms with E-state index in [0.717, 1.165) is 24.0 Å². The Kier molecular flexibility index (Phi) is 3.55. The Bertz CT molecular complexity index is 487. The number of aliphatic carboxylic acids is 1. The van der Waals surface area contributed by atoms with E-state index in [1.54, 1.807) is 26.4 Å². The summed E-state index contributed by atoms with van der Waals surface area (Å²) >= 11 is 0. The molecule has 0 saturated heterocycles. The molecule has 1 fully saturated rings. The lowest BCUT2D eigenvalue weighted by molar-refractivity contribution is -0.131. The monoisotopic (exact) mass is 248 g/mol. The van der Waals surface area contributed by atoms with Crippen LogP contribution in [0.1, 0.15) is 18.4 Å². The zero-order chi connectivity index (χ0) is 13.1. The first kappa shape index (κ1) is 12.5. The standard InChI is InChI=1S/C14H16O4/c1-17-10-5-6-13(18-2)12(7-10)11(8-14(15)16)9-3-4-9/h5-9H,3-4H2,1-2H3,(H,15,16)/b11-8+. The van der Waals surface area contributed by atoms with E-state index in [4.69, 9.17) is 14.6 Å². The zero-order valence-corrected chi connectivity index (χ0v) is 10.5. The van der Waals surface area contributed by atoms with Crippen LogP contribution in [0.4, 0.5) is 0 Å². The van der Waals surface area contributed by atoms with Crippen LogP contribution in [0.5, 0.6) is 11.5 Å². The molecule has 1 aliphatic carbocycles. The number of rotatable bonds is 5. The van der Waals surface area contributed by atoms with Crippen molar-refractivity contribution in [2.45, 2.75) is 12.8 Å². The van der Waals surface area contributed by atoms with Crippen molar-refractivity contribution in [3.8, 4) is 11.5 Å². The van der Waals surface area contributed by atoms with E-state index in [0.29, 0.717) is 17.4 Å². The molecule has 0 radical (unpaired) electrons. The first-order chi connectivity index (χ1) is 8.65. The predicted molar refractivity (Wildman–Crippen MR) is 67.9 cm³/mol. The molecule has 0 heterocycles. The Balaban J connectivity index is 2.48. The van der Waals surface area contributed by atoms with Crippen LogP contribution < -0.4 is 9.47 Å². The average molecular weight is 248 g/mol. The molecule has 0 spiro atoms. The van der Waals surface area contributed by atoms with E-state index in [2.05, 4.69) is 0 Å². The van der Waals surface area contributed by atoms with Crippen molar-refractivity contribution < 1.29 is 19.4 Å². The summed E-state index contributed by atoms with van der Waals surface area (Å²) in [5, 5.41) is 8.96. The van der Waals surface area contributed by atoms with Crippen LogP contribution >= 0.6 is 0 Å². The molecule has 2 rings (SSSR count). The van der Waals surface area contributed by atoms with Crippen LogP contribution in [0.2, 0.25) is 0 Å². The quantitative estimate of drug-likeness (QED) is 0.814. The van der Waals surface area contributed by atoms with Gasteiger partial charge in [0.25, 0.3) is 0 Å². The Labute approximate surface area is 106 Å². The van der Waals surface area contributed by atoms with Gasteiger partial charge in [0.05, 0.1) is 14.2 Å². The number of methoxy groups -OCH3 is 2. The van der Waals surface area contributed by atoms with Gasteiger partial charge in [-0.2, -0.15) is 0 Å². The molecule has 4 heteroatoms. The van der Waals surface area contributed by atoms with Crippen LogP contribution in [0.15, 0.2) is 24.3 Å². The molecule has 1 saturated carbocycles. The summed E-state index contributed by atoms with van der Waals surface area (Å²) in [6.45, 7) is 0. The van der Waals surface area contributed by atoms with Gasteiger partial charge in [0.1, 0.15) is 11.5 Å². The first-order valence-electron chi connectivity index (χ1n) is 5.82. The highest BCUT2D eigenvalue weighted by atomic mass is 16.5. The lowest BCUT2D eigenvalue weighted by Gasteiger charge is -2.12. The highest BCUT2D eigenvalue weighted by molar-refractivity contribution is 5.92. The van der Waals surface area contributed by atoms with Gasteiger partial charge < -0.3 is 14.6 Å². The highest BCUT2D eigenvalue weighted by Gasteiger charge is 2.29. The molecule has 1 aliphatic rings.